The Balaban J connectivity index is 1.03. The highest BCUT2D eigenvalue weighted by atomic mass is 28.3. The number of hydrogen-bond acceptors (Lipinski definition) is 1. The monoisotopic (exact) mass is 872 g/mol. The number of rotatable bonds is 5. The molecule has 1 aliphatic heterocycles. The SMILES string of the molecule is CC1(C)c2ccccc2-c2ccc([Si]3(c4ccc(-n5c6ccccc6c6ccccc65)cc4)c4ccccc4Oc4c(-c5ccc6c(c5)c5ccccc5n6-c5ccccc5)cccc43)cc21. The van der Waals surface area contributed by atoms with Crippen LogP contribution in [0.15, 0.2) is 231 Å². The minimum atomic E-state index is -3.14. The van der Waals surface area contributed by atoms with Gasteiger partial charge in [-0.2, -0.15) is 0 Å². The van der Waals surface area contributed by atoms with Crippen LogP contribution in [0.2, 0.25) is 0 Å². The van der Waals surface area contributed by atoms with E-state index in [0.29, 0.717) is 0 Å². The second-order valence-electron chi connectivity index (χ2n) is 18.8. The summed E-state index contributed by atoms with van der Waals surface area (Å²) >= 11 is 0. The summed E-state index contributed by atoms with van der Waals surface area (Å²) in [4.78, 5) is 0. The Morgan fingerprint density at radius 3 is 1.64 bits per heavy atom. The fourth-order valence-electron chi connectivity index (χ4n) is 12.1. The van der Waals surface area contributed by atoms with Gasteiger partial charge in [0.2, 0.25) is 0 Å². The molecule has 10 aromatic carbocycles. The fourth-order valence-corrected chi connectivity index (χ4v) is 17.0. The van der Waals surface area contributed by atoms with Crippen LogP contribution in [0.4, 0.5) is 0 Å². The van der Waals surface area contributed by atoms with Gasteiger partial charge in [0, 0.05) is 43.9 Å². The summed E-state index contributed by atoms with van der Waals surface area (Å²) in [6.45, 7) is 4.79. The number of para-hydroxylation sites is 6. The zero-order valence-corrected chi connectivity index (χ0v) is 38.2. The standard InChI is InChI=1S/C63H44N2OSi/c1-63(2)53-24-10-6-19-47(53)48-37-36-45(40-54(48)63)67(44-34-32-43(33-35-44)65-55-25-11-7-20-49(55)50-21-8-12-26-56(50)65)60-29-15-14-28-59(60)66-62-46(23-16-30-61(62)67)41-31-38-58-52(39-41)51-22-9-13-27-57(51)64(58)42-17-4-3-5-18-42/h3-40H,1-2H3. The van der Waals surface area contributed by atoms with E-state index < -0.39 is 8.07 Å². The van der Waals surface area contributed by atoms with Crippen molar-refractivity contribution in [2.24, 2.45) is 0 Å². The molecule has 12 aromatic rings. The molecule has 0 saturated heterocycles. The van der Waals surface area contributed by atoms with E-state index >= 15 is 0 Å². The zero-order valence-electron chi connectivity index (χ0n) is 37.2. The van der Waals surface area contributed by atoms with E-state index in [1.165, 1.54) is 86.6 Å². The van der Waals surface area contributed by atoms with Crippen molar-refractivity contribution in [3.05, 3.63) is 242 Å². The van der Waals surface area contributed by atoms with Crippen LogP contribution in [0, 0.1) is 0 Å². The van der Waals surface area contributed by atoms with Gasteiger partial charge in [-0.25, -0.2) is 0 Å². The number of hydrogen-bond donors (Lipinski definition) is 0. The molecular formula is C63H44N2OSi. The van der Waals surface area contributed by atoms with Gasteiger partial charge in [0.1, 0.15) is 11.5 Å². The Morgan fingerprint density at radius 1 is 0.373 bits per heavy atom. The highest BCUT2D eigenvalue weighted by molar-refractivity contribution is 7.20. The molecule has 316 valence electrons. The molecule has 0 N–H and O–H groups in total. The maximum Gasteiger partial charge on any atom is 0.188 e. The first-order chi connectivity index (χ1) is 33.0. The fraction of sp³-hybridized carbons (Fsp3) is 0.0476. The summed E-state index contributed by atoms with van der Waals surface area (Å²) in [6.07, 6.45) is 0. The molecule has 0 amide bonds. The zero-order chi connectivity index (χ0) is 44.4. The third kappa shape index (κ3) is 5.27. The molecule has 2 aliphatic rings. The number of aromatic nitrogens is 2. The van der Waals surface area contributed by atoms with Gasteiger partial charge in [-0.1, -0.05) is 184 Å². The normalized spacial score (nSPS) is 15.6. The van der Waals surface area contributed by atoms with Gasteiger partial charge >= 0.3 is 0 Å². The molecule has 3 nitrogen and oxygen atoms in total. The lowest BCUT2D eigenvalue weighted by Crippen LogP contribution is -2.76. The van der Waals surface area contributed by atoms with Crippen LogP contribution in [0.5, 0.6) is 11.5 Å². The Morgan fingerprint density at radius 2 is 0.910 bits per heavy atom. The smallest absolute Gasteiger partial charge is 0.188 e. The third-order valence-electron chi connectivity index (χ3n) is 15.1. The van der Waals surface area contributed by atoms with Gasteiger partial charge in [0.25, 0.3) is 0 Å². The summed E-state index contributed by atoms with van der Waals surface area (Å²) in [5, 5.41) is 10.2. The minimum absolute atomic E-state index is 0.165. The minimum Gasteiger partial charge on any atom is -0.457 e. The molecule has 67 heavy (non-hydrogen) atoms. The topological polar surface area (TPSA) is 19.1 Å². The van der Waals surface area contributed by atoms with Crippen molar-refractivity contribution in [3.63, 3.8) is 0 Å². The van der Waals surface area contributed by atoms with Crippen LogP contribution in [-0.2, 0) is 5.41 Å². The summed E-state index contributed by atoms with van der Waals surface area (Å²) in [6, 6.07) is 85.7. The van der Waals surface area contributed by atoms with Crippen molar-refractivity contribution in [1.29, 1.82) is 0 Å². The molecule has 1 aliphatic carbocycles. The highest BCUT2D eigenvalue weighted by Crippen LogP contribution is 2.49. The van der Waals surface area contributed by atoms with Crippen molar-refractivity contribution in [2.45, 2.75) is 19.3 Å². The third-order valence-corrected chi connectivity index (χ3v) is 19.9. The summed E-state index contributed by atoms with van der Waals surface area (Å²) in [5.41, 5.74) is 14.6. The van der Waals surface area contributed by atoms with E-state index in [9.17, 15) is 0 Å². The molecule has 0 fully saturated rings. The molecule has 1 atom stereocenters. The van der Waals surface area contributed by atoms with Crippen molar-refractivity contribution in [2.75, 3.05) is 0 Å². The lowest BCUT2D eigenvalue weighted by Gasteiger charge is -2.40. The molecule has 0 bridgehead atoms. The van der Waals surface area contributed by atoms with Crippen LogP contribution >= 0.6 is 0 Å². The van der Waals surface area contributed by atoms with Gasteiger partial charge in [0.15, 0.2) is 8.07 Å². The van der Waals surface area contributed by atoms with Gasteiger partial charge in [-0.05, 0) is 109 Å². The Labute approximate surface area is 390 Å². The predicted octanol–water partition coefficient (Wildman–Crippen LogP) is 13.3. The van der Waals surface area contributed by atoms with Crippen molar-refractivity contribution in [3.8, 4) is 45.1 Å². The van der Waals surface area contributed by atoms with Gasteiger partial charge in [-0.3, -0.25) is 0 Å². The lowest BCUT2D eigenvalue weighted by molar-refractivity contribution is 0.489. The van der Waals surface area contributed by atoms with Crippen LogP contribution in [0.25, 0.3) is 77.2 Å². The maximum absolute atomic E-state index is 7.32. The molecule has 1 unspecified atom stereocenters. The summed E-state index contributed by atoms with van der Waals surface area (Å²) in [7, 11) is -3.14. The molecule has 4 heteroatoms. The van der Waals surface area contributed by atoms with E-state index in [1.54, 1.807) is 0 Å². The first kappa shape index (κ1) is 38.1. The largest absolute Gasteiger partial charge is 0.457 e. The van der Waals surface area contributed by atoms with Crippen molar-refractivity contribution in [1.82, 2.24) is 9.13 Å². The summed E-state index contributed by atoms with van der Waals surface area (Å²) in [5.74, 6) is 1.86. The first-order valence-electron chi connectivity index (χ1n) is 23.3. The van der Waals surface area contributed by atoms with E-state index in [4.69, 9.17) is 4.74 Å². The molecule has 0 radical (unpaired) electrons. The average molecular weight is 873 g/mol. The number of nitrogens with zero attached hydrogens (tertiary/aromatic N) is 2. The van der Waals surface area contributed by atoms with E-state index in [1.807, 2.05) is 0 Å². The molecule has 14 rings (SSSR count). The number of ether oxygens (including phenoxy) is 1. The lowest BCUT2D eigenvalue weighted by atomic mass is 9.82. The van der Waals surface area contributed by atoms with E-state index in [-0.39, 0.29) is 5.41 Å². The van der Waals surface area contributed by atoms with Crippen LogP contribution in [0.1, 0.15) is 25.0 Å². The molecule has 0 spiro atoms. The van der Waals surface area contributed by atoms with Gasteiger partial charge in [-0.15, -0.1) is 0 Å². The quantitative estimate of drug-likeness (QED) is 0.158. The second-order valence-corrected chi connectivity index (χ2v) is 22.5. The number of fused-ring (bicyclic) bond motifs is 11. The maximum atomic E-state index is 7.32. The second kappa shape index (κ2) is 14.2. The van der Waals surface area contributed by atoms with Crippen molar-refractivity contribution >= 4 is 72.4 Å². The van der Waals surface area contributed by atoms with Gasteiger partial charge < -0.3 is 13.9 Å². The van der Waals surface area contributed by atoms with E-state index in [0.717, 1.165) is 34.0 Å². The molecule has 3 heterocycles. The van der Waals surface area contributed by atoms with Crippen molar-refractivity contribution < 1.29 is 4.74 Å². The summed E-state index contributed by atoms with van der Waals surface area (Å²) < 4.78 is 12.1. The molecule has 0 saturated carbocycles. The first-order valence-corrected chi connectivity index (χ1v) is 25.3. The van der Waals surface area contributed by atoms with Crippen LogP contribution in [0.3, 0.4) is 0 Å². The highest BCUT2D eigenvalue weighted by Gasteiger charge is 2.50. The molecule has 2 aromatic heterocycles. The van der Waals surface area contributed by atoms with Crippen LogP contribution < -0.4 is 25.5 Å². The Hall–Kier alpha value is -8.18. The van der Waals surface area contributed by atoms with Crippen LogP contribution in [-0.4, -0.2) is 17.2 Å². The Bertz CT molecular complexity index is 3940. The number of benzene rings is 10. The molecular weight excluding hydrogens is 829 g/mol. The predicted molar refractivity (Wildman–Crippen MR) is 282 cm³/mol. The van der Waals surface area contributed by atoms with Gasteiger partial charge in [0.05, 0.1) is 22.1 Å². The van der Waals surface area contributed by atoms with E-state index in [2.05, 4.69) is 254 Å². The average Bonchev–Trinajstić information content (AvgIpc) is 3.98. The Kier molecular flexibility index (Phi) is 8.06.